The molecule has 0 aromatic heterocycles. The van der Waals surface area contributed by atoms with E-state index in [-0.39, 0.29) is 18.0 Å². The summed E-state index contributed by atoms with van der Waals surface area (Å²) in [5, 5.41) is 5.79. The normalized spacial score (nSPS) is 16.8. The first-order chi connectivity index (χ1) is 11.4. The SMILES string of the molecule is CC(C)NC(=O)NC(=O)[C@H](C)N1CCN(c2ccccc2Cl)CC1. The lowest BCUT2D eigenvalue weighted by atomic mass is 10.2. The number of carbonyl (C=O) groups is 2. The Balaban J connectivity index is 1.86. The van der Waals surface area contributed by atoms with Crippen LogP contribution in [0.5, 0.6) is 0 Å². The number of hydrogen-bond donors (Lipinski definition) is 2. The lowest BCUT2D eigenvalue weighted by molar-refractivity contribution is -0.124. The van der Waals surface area contributed by atoms with E-state index in [4.69, 9.17) is 11.6 Å². The molecule has 1 aromatic carbocycles. The topological polar surface area (TPSA) is 64.7 Å². The molecule has 0 radical (unpaired) electrons. The summed E-state index contributed by atoms with van der Waals surface area (Å²) < 4.78 is 0. The molecule has 3 amide bonds. The Morgan fingerprint density at radius 3 is 2.29 bits per heavy atom. The van der Waals surface area contributed by atoms with Crippen molar-refractivity contribution in [2.24, 2.45) is 0 Å². The van der Waals surface area contributed by atoms with Crippen molar-refractivity contribution in [3.05, 3.63) is 29.3 Å². The van der Waals surface area contributed by atoms with Gasteiger partial charge < -0.3 is 10.2 Å². The van der Waals surface area contributed by atoms with Crippen molar-refractivity contribution in [2.45, 2.75) is 32.9 Å². The smallest absolute Gasteiger partial charge is 0.321 e. The third kappa shape index (κ3) is 4.85. The van der Waals surface area contributed by atoms with Crippen molar-refractivity contribution in [2.75, 3.05) is 31.1 Å². The van der Waals surface area contributed by atoms with Crippen LogP contribution in [0.15, 0.2) is 24.3 Å². The number of carbonyl (C=O) groups excluding carboxylic acids is 2. The number of hydrogen-bond acceptors (Lipinski definition) is 4. The van der Waals surface area contributed by atoms with E-state index in [0.717, 1.165) is 36.9 Å². The van der Waals surface area contributed by atoms with Crippen LogP contribution in [0.2, 0.25) is 5.02 Å². The highest BCUT2D eigenvalue weighted by atomic mass is 35.5. The molecule has 6 nitrogen and oxygen atoms in total. The van der Waals surface area contributed by atoms with Gasteiger partial charge in [-0.05, 0) is 32.9 Å². The molecule has 1 aliphatic heterocycles. The molecule has 2 rings (SSSR count). The number of anilines is 1. The van der Waals surface area contributed by atoms with E-state index >= 15 is 0 Å². The molecule has 1 saturated heterocycles. The van der Waals surface area contributed by atoms with Gasteiger partial charge in [0.1, 0.15) is 0 Å². The van der Waals surface area contributed by atoms with Crippen LogP contribution in [-0.4, -0.2) is 55.1 Å². The van der Waals surface area contributed by atoms with E-state index in [9.17, 15) is 9.59 Å². The maximum atomic E-state index is 12.2. The Labute approximate surface area is 148 Å². The molecule has 0 saturated carbocycles. The Hall–Kier alpha value is -1.79. The van der Waals surface area contributed by atoms with Gasteiger partial charge >= 0.3 is 6.03 Å². The zero-order chi connectivity index (χ0) is 17.7. The van der Waals surface area contributed by atoms with Gasteiger partial charge in [-0.15, -0.1) is 0 Å². The molecule has 1 aliphatic rings. The fraction of sp³-hybridized carbons (Fsp3) is 0.529. The monoisotopic (exact) mass is 352 g/mol. The lowest BCUT2D eigenvalue weighted by Crippen LogP contribution is -2.55. The standard InChI is InChI=1S/C17H25ClN4O2/c1-12(2)19-17(24)20-16(23)13(3)21-8-10-22(11-9-21)15-7-5-4-6-14(15)18/h4-7,12-13H,8-11H2,1-3H3,(H2,19,20,23,24)/t13-/m0/s1. The summed E-state index contributed by atoms with van der Waals surface area (Å²) in [6.07, 6.45) is 0. The quantitative estimate of drug-likeness (QED) is 0.870. The molecule has 0 spiro atoms. The van der Waals surface area contributed by atoms with Crippen molar-refractivity contribution in [1.29, 1.82) is 0 Å². The first-order valence-corrected chi connectivity index (χ1v) is 8.61. The molecule has 132 valence electrons. The molecular formula is C17H25ClN4O2. The molecular weight excluding hydrogens is 328 g/mol. The number of nitrogens with zero attached hydrogens (tertiary/aromatic N) is 2. The van der Waals surface area contributed by atoms with Crippen LogP contribution < -0.4 is 15.5 Å². The second kappa shape index (κ2) is 8.35. The Bertz CT molecular complexity index is 586. The average molecular weight is 353 g/mol. The van der Waals surface area contributed by atoms with Gasteiger partial charge in [-0.1, -0.05) is 23.7 Å². The van der Waals surface area contributed by atoms with Crippen molar-refractivity contribution in [3.63, 3.8) is 0 Å². The molecule has 0 unspecified atom stereocenters. The minimum atomic E-state index is -0.448. The molecule has 7 heteroatoms. The van der Waals surface area contributed by atoms with Crippen LogP contribution in [0.25, 0.3) is 0 Å². The Morgan fingerprint density at radius 1 is 1.08 bits per heavy atom. The molecule has 1 fully saturated rings. The van der Waals surface area contributed by atoms with Crippen LogP contribution >= 0.6 is 11.6 Å². The highest BCUT2D eigenvalue weighted by molar-refractivity contribution is 6.33. The summed E-state index contributed by atoms with van der Waals surface area (Å²) in [4.78, 5) is 28.1. The highest BCUT2D eigenvalue weighted by Gasteiger charge is 2.27. The molecule has 24 heavy (non-hydrogen) atoms. The van der Waals surface area contributed by atoms with Gasteiger partial charge in [0, 0.05) is 32.2 Å². The number of amides is 3. The molecule has 1 heterocycles. The molecule has 1 atom stereocenters. The first-order valence-electron chi connectivity index (χ1n) is 8.23. The summed E-state index contributed by atoms with van der Waals surface area (Å²) in [5.74, 6) is -0.278. The van der Waals surface area contributed by atoms with Crippen molar-refractivity contribution in [3.8, 4) is 0 Å². The molecule has 0 aliphatic carbocycles. The molecule has 2 N–H and O–H groups in total. The fourth-order valence-electron chi connectivity index (χ4n) is 2.74. The summed E-state index contributed by atoms with van der Waals surface area (Å²) in [6, 6.07) is 6.96. The average Bonchev–Trinajstić information content (AvgIpc) is 2.54. The molecule has 1 aromatic rings. The predicted octanol–water partition coefficient (Wildman–Crippen LogP) is 2.08. The fourth-order valence-corrected chi connectivity index (χ4v) is 2.99. The van der Waals surface area contributed by atoms with E-state index in [1.54, 1.807) is 0 Å². The van der Waals surface area contributed by atoms with Gasteiger partial charge in [-0.25, -0.2) is 4.79 Å². The van der Waals surface area contributed by atoms with Crippen LogP contribution in [0.3, 0.4) is 0 Å². The van der Waals surface area contributed by atoms with Gasteiger partial charge in [0.2, 0.25) is 5.91 Å². The van der Waals surface area contributed by atoms with Gasteiger partial charge in [-0.2, -0.15) is 0 Å². The number of urea groups is 1. The number of piperazine rings is 1. The van der Waals surface area contributed by atoms with Crippen LogP contribution in [-0.2, 0) is 4.79 Å². The van der Waals surface area contributed by atoms with Gasteiger partial charge in [0.15, 0.2) is 0 Å². The summed E-state index contributed by atoms with van der Waals surface area (Å²) >= 11 is 6.24. The summed E-state index contributed by atoms with van der Waals surface area (Å²) in [7, 11) is 0. The zero-order valence-corrected chi connectivity index (χ0v) is 15.1. The third-order valence-electron chi connectivity index (χ3n) is 4.09. The van der Waals surface area contributed by atoms with Gasteiger partial charge in [0.05, 0.1) is 16.8 Å². The predicted molar refractivity (Wildman–Crippen MR) is 96.5 cm³/mol. The number of halogens is 1. The summed E-state index contributed by atoms with van der Waals surface area (Å²) in [6.45, 7) is 8.59. The Kier molecular flexibility index (Phi) is 6.45. The number of imide groups is 1. The summed E-state index contributed by atoms with van der Waals surface area (Å²) in [5.41, 5.74) is 1.02. The number of rotatable bonds is 4. The van der Waals surface area contributed by atoms with E-state index in [1.807, 2.05) is 45.0 Å². The number of benzene rings is 1. The van der Waals surface area contributed by atoms with Crippen molar-refractivity contribution in [1.82, 2.24) is 15.5 Å². The zero-order valence-electron chi connectivity index (χ0n) is 14.4. The lowest BCUT2D eigenvalue weighted by Gasteiger charge is -2.38. The van der Waals surface area contributed by atoms with Crippen molar-refractivity contribution < 1.29 is 9.59 Å². The second-order valence-corrected chi connectivity index (χ2v) is 6.68. The Morgan fingerprint density at radius 2 is 1.71 bits per heavy atom. The van der Waals surface area contributed by atoms with E-state index in [0.29, 0.717) is 0 Å². The maximum Gasteiger partial charge on any atom is 0.321 e. The maximum absolute atomic E-state index is 12.2. The highest BCUT2D eigenvalue weighted by Crippen LogP contribution is 2.26. The van der Waals surface area contributed by atoms with Crippen LogP contribution in [0, 0.1) is 0 Å². The van der Waals surface area contributed by atoms with E-state index < -0.39 is 6.03 Å². The largest absolute Gasteiger partial charge is 0.368 e. The minimum absolute atomic E-state index is 0.00716. The van der Waals surface area contributed by atoms with Crippen LogP contribution in [0.1, 0.15) is 20.8 Å². The van der Waals surface area contributed by atoms with E-state index in [2.05, 4.69) is 20.4 Å². The first kappa shape index (κ1) is 18.5. The van der Waals surface area contributed by atoms with E-state index in [1.165, 1.54) is 0 Å². The van der Waals surface area contributed by atoms with Gasteiger partial charge in [-0.3, -0.25) is 15.0 Å². The molecule has 0 bridgehead atoms. The minimum Gasteiger partial charge on any atom is -0.368 e. The number of para-hydroxylation sites is 1. The van der Waals surface area contributed by atoms with Crippen LogP contribution in [0.4, 0.5) is 10.5 Å². The van der Waals surface area contributed by atoms with Gasteiger partial charge in [0.25, 0.3) is 0 Å². The third-order valence-corrected chi connectivity index (χ3v) is 4.41. The van der Waals surface area contributed by atoms with Crippen molar-refractivity contribution >= 4 is 29.2 Å². The second-order valence-electron chi connectivity index (χ2n) is 6.27. The number of nitrogens with one attached hydrogen (secondary N) is 2.